The molecular weight excluding hydrogens is 262 g/mol. The molecule has 1 N–H and O–H groups in total. The van der Waals surface area contributed by atoms with Gasteiger partial charge in [0.1, 0.15) is 0 Å². The van der Waals surface area contributed by atoms with E-state index in [9.17, 15) is 0 Å². The molecule has 0 spiro atoms. The van der Waals surface area contributed by atoms with Crippen molar-refractivity contribution in [2.24, 2.45) is 0 Å². The van der Waals surface area contributed by atoms with Crippen molar-refractivity contribution in [3.8, 4) is 11.5 Å². The molecule has 0 bridgehead atoms. The SMILES string of the molecule is CCCCCCCOc1cc(CNCCC)ccc1OC. The molecule has 3 nitrogen and oxygen atoms in total. The maximum absolute atomic E-state index is 5.90. The smallest absolute Gasteiger partial charge is 0.161 e. The summed E-state index contributed by atoms with van der Waals surface area (Å²) >= 11 is 0. The van der Waals surface area contributed by atoms with Crippen LogP contribution in [0.2, 0.25) is 0 Å². The summed E-state index contributed by atoms with van der Waals surface area (Å²) in [4.78, 5) is 0. The lowest BCUT2D eigenvalue weighted by molar-refractivity contribution is 0.284. The largest absolute Gasteiger partial charge is 0.493 e. The van der Waals surface area contributed by atoms with Crippen molar-refractivity contribution >= 4 is 0 Å². The highest BCUT2D eigenvalue weighted by molar-refractivity contribution is 5.42. The first kappa shape index (κ1) is 17.8. The van der Waals surface area contributed by atoms with Crippen molar-refractivity contribution in [2.75, 3.05) is 20.3 Å². The average molecular weight is 293 g/mol. The van der Waals surface area contributed by atoms with Crippen LogP contribution in [0.4, 0.5) is 0 Å². The molecule has 0 saturated carbocycles. The van der Waals surface area contributed by atoms with E-state index in [0.29, 0.717) is 0 Å². The monoisotopic (exact) mass is 293 g/mol. The predicted molar refractivity (Wildman–Crippen MR) is 89.2 cm³/mol. The number of unbranched alkanes of at least 4 members (excludes halogenated alkanes) is 4. The molecule has 3 heteroatoms. The molecule has 120 valence electrons. The van der Waals surface area contributed by atoms with Gasteiger partial charge in [-0.05, 0) is 37.1 Å². The number of benzene rings is 1. The maximum Gasteiger partial charge on any atom is 0.161 e. The van der Waals surface area contributed by atoms with Crippen LogP contribution in [0.3, 0.4) is 0 Å². The third kappa shape index (κ3) is 7.37. The fourth-order valence-electron chi connectivity index (χ4n) is 2.24. The van der Waals surface area contributed by atoms with E-state index in [4.69, 9.17) is 9.47 Å². The lowest BCUT2D eigenvalue weighted by Crippen LogP contribution is -2.13. The van der Waals surface area contributed by atoms with Gasteiger partial charge in [-0.1, -0.05) is 45.6 Å². The summed E-state index contributed by atoms with van der Waals surface area (Å²) in [6.07, 6.45) is 7.41. The fraction of sp³-hybridized carbons (Fsp3) is 0.667. The Bertz CT molecular complexity index is 379. The van der Waals surface area contributed by atoms with Gasteiger partial charge in [0.2, 0.25) is 0 Å². The fourth-order valence-corrected chi connectivity index (χ4v) is 2.24. The third-order valence-electron chi connectivity index (χ3n) is 3.49. The Labute approximate surface area is 130 Å². The summed E-state index contributed by atoms with van der Waals surface area (Å²) in [6.45, 7) is 7.10. The molecule has 21 heavy (non-hydrogen) atoms. The highest BCUT2D eigenvalue weighted by atomic mass is 16.5. The Morgan fingerprint density at radius 1 is 0.952 bits per heavy atom. The molecule has 0 aliphatic carbocycles. The van der Waals surface area contributed by atoms with E-state index < -0.39 is 0 Å². The molecule has 1 rings (SSSR count). The molecule has 0 radical (unpaired) electrons. The van der Waals surface area contributed by atoms with E-state index in [1.807, 2.05) is 6.07 Å². The molecule has 0 amide bonds. The number of ether oxygens (including phenoxy) is 2. The summed E-state index contributed by atoms with van der Waals surface area (Å²) in [5.74, 6) is 1.69. The van der Waals surface area contributed by atoms with E-state index in [-0.39, 0.29) is 0 Å². The first-order valence-electron chi connectivity index (χ1n) is 8.32. The molecule has 1 aromatic rings. The van der Waals surface area contributed by atoms with E-state index in [0.717, 1.165) is 44.0 Å². The second-order valence-electron chi connectivity index (χ2n) is 5.42. The van der Waals surface area contributed by atoms with Gasteiger partial charge in [-0.25, -0.2) is 0 Å². The number of rotatable bonds is 12. The average Bonchev–Trinajstić information content (AvgIpc) is 2.51. The molecule has 0 atom stereocenters. The second-order valence-corrected chi connectivity index (χ2v) is 5.42. The van der Waals surface area contributed by atoms with Crippen LogP contribution < -0.4 is 14.8 Å². The maximum atomic E-state index is 5.90. The molecular formula is C18H31NO2. The van der Waals surface area contributed by atoms with Gasteiger partial charge in [0.15, 0.2) is 11.5 Å². The van der Waals surface area contributed by atoms with Crippen LogP contribution in [-0.4, -0.2) is 20.3 Å². The van der Waals surface area contributed by atoms with Crippen LogP contribution in [0.15, 0.2) is 18.2 Å². The van der Waals surface area contributed by atoms with Crippen LogP contribution in [0, 0.1) is 0 Å². The molecule has 0 fully saturated rings. The highest BCUT2D eigenvalue weighted by Gasteiger charge is 2.05. The quantitative estimate of drug-likeness (QED) is 0.574. The van der Waals surface area contributed by atoms with Crippen molar-refractivity contribution in [3.63, 3.8) is 0 Å². The van der Waals surface area contributed by atoms with Crippen molar-refractivity contribution in [3.05, 3.63) is 23.8 Å². The van der Waals surface area contributed by atoms with E-state index in [2.05, 4.69) is 31.3 Å². The van der Waals surface area contributed by atoms with Gasteiger partial charge in [-0.15, -0.1) is 0 Å². The highest BCUT2D eigenvalue weighted by Crippen LogP contribution is 2.28. The molecule has 0 aliphatic rings. The first-order chi connectivity index (χ1) is 10.3. The molecule has 0 aliphatic heterocycles. The molecule has 0 aromatic heterocycles. The van der Waals surface area contributed by atoms with Crippen LogP contribution in [0.25, 0.3) is 0 Å². The topological polar surface area (TPSA) is 30.5 Å². The van der Waals surface area contributed by atoms with Crippen molar-refractivity contribution in [2.45, 2.75) is 58.9 Å². The van der Waals surface area contributed by atoms with Crippen molar-refractivity contribution in [1.29, 1.82) is 0 Å². The first-order valence-corrected chi connectivity index (χ1v) is 8.32. The normalized spacial score (nSPS) is 10.6. The minimum atomic E-state index is 0.770. The summed E-state index contributed by atoms with van der Waals surface area (Å²) < 4.78 is 11.3. The Balaban J connectivity index is 2.43. The van der Waals surface area contributed by atoms with Crippen LogP contribution >= 0.6 is 0 Å². The summed E-state index contributed by atoms with van der Waals surface area (Å²) in [6, 6.07) is 6.18. The Morgan fingerprint density at radius 2 is 1.76 bits per heavy atom. The van der Waals surface area contributed by atoms with Gasteiger partial charge in [0.25, 0.3) is 0 Å². The predicted octanol–water partition coefficient (Wildman–Crippen LogP) is 4.54. The number of methoxy groups -OCH3 is 1. The van der Waals surface area contributed by atoms with E-state index in [1.165, 1.54) is 31.2 Å². The zero-order chi connectivity index (χ0) is 15.3. The summed E-state index contributed by atoms with van der Waals surface area (Å²) in [5.41, 5.74) is 1.24. The molecule has 1 aromatic carbocycles. The number of nitrogens with one attached hydrogen (secondary N) is 1. The van der Waals surface area contributed by atoms with Gasteiger partial charge >= 0.3 is 0 Å². The lowest BCUT2D eigenvalue weighted by Gasteiger charge is -2.12. The minimum Gasteiger partial charge on any atom is -0.493 e. The van der Waals surface area contributed by atoms with Crippen LogP contribution in [0.1, 0.15) is 57.9 Å². The summed E-state index contributed by atoms with van der Waals surface area (Å²) in [5, 5.41) is 3.41. The Kier molecular flexibility index (Phi) is 9.71. The minimum absolute atomic E-state index is 0.770. The van der Waals surface area contributed by atoms with E-state index in [1.54, 1.807) is 7.11 Å². The molecule has 0 unspecified atom stereocenters. The standard InChI is InChI=1S/C18H31NO2/c1-4-6-7-8-9-13-21-18-14-16(15-19-12-5-2)10-11-17(18)20-3/h10-11,14,19H,4-9,12-13,15H2,1-3H3. The van der Waals surface area contributed by atoms with Crippen LogP contribution in [0.5, 0.6) is 11.5 Å². The van der Waals surface area contributed by atoms with Gasteiger partial charge in [0.05, 0.1) is 13.7 Å². The molecule has 0 heterocycles. The Morgan fingerprint density at radius 3 is 2.48 bits per heavy atom. The van der Waals surface area contributed by atoms with Crippen LogP contribution in [-0.2, 0) is 6.54 Å². The van der Waals surface area contributed by atoms with Crippen molar-refractivity contribution in [1.82, 2.24) is 5.32 Å². The zero-order valence-corrected chi connectivity index (χ0v) is 13.9. The van der Waals surface area contributed by atoms with Gasteiger partial charge < -0.3 is 14.8 Å². The Hall–Kier alpha value is -1.22. The zero-order valence-electron chi connectivity index (χ0n) is 13.9. The van der Waals surface area contributed by atoms with Gasteiger partial charge in [-0.2, -0.15) is 0 Å². The molecule has 0 saturated heterocycles. The summed E-state index contributed by atoms with van der Waals surface area (Å²) in [7, 11) is 1.69. The van der Waals surface area contributed by atoms with Gasteiger partial charge in [0, 0.05) is 6.54 Å². The lowest BCUT2D eigenvalue weighted by atomic mass is 10.1. The second kappa shape index (κ2) is 11.4. The number of hydrogen-bond donors (Lipinski definition) is 1. The number of hydrogen-bond acceptors (Lipinski definition) is 3. The van der Waals surface area contributed by atoms with E-state index >= 15 is 0 Å². The van der Waals surface area contributed by atoms with Crippen molar-refractivity contribution < 1.29 is 9.47 Å². The van der Waals surface area contributed by atoms with Gasteiger partial charge in [-0.3, -0.25) is 0 Å². The third-order valence-corrected chi connectivity index (χ3v) is 3.49.